The standard InChI is InChI=1S/C17H11Cl3N2S/c18-12-7-10(8-13(19)15(12)20)21-17-22-16-11-4-2-1-3-9(11)5-6-14(16)23-17/h1-4,7-8H,5-6H2,(H,21,22). The number of nitrogens with zero attached hydrogens (tertiary/aromatic N) is 1. The maximum atomic E-state index is 6.08. The van der Waals surface area contributed by atoms with E-state index in [1.807, 2.05) is 0 Å². The number of hydrogen-bond acceptors (Lipinski definition) is 3. The van der Waals surface area contributed by atoms with E-state index in [1.165, 1.54) is 16.0 Å². The van der Waals surface area contributed by atoms with E-state index in [2.05, 4.69) is 29.6 Å². The summed E-state index contributed by atoms with van der Waals surface area (Å²) in [5.74, 6) is 0. The monoisotopic (exact) mass is 380 g/mol. The fourth-order valence-corrected chi connectivity index (χ4v) is 4.35. The molecule has 6 heteroatoms. The van der Waals surface area contributed by atoms with Gasteiger partial charge >= 0.3 is 0 Å². The average molecular weight is 382 g/mol. The van der Waals surface area contributed by atoms with Gasteiger partial charge in [-0.05, 0) is 30.5 Å². The van der Waals surface area contributed by atoms with Gasteiger partial charge in [0.1, 0.15) is 0 Å². The van der Waals surface area contributed by atoms with Gasteiger partial charge < -0.3 is 5.32 Å². The van der Waals surface area contributed by atoms with Crippen LogP contribution in [0.5, 0.6) is 0 Å². The third-order valence-corrected chi connectivity index (χ3v) is 6.05. The Morgan fingerprint density at radius 2 is 1.74 bits per heavy atom. The molecule has 1 N–H and O–H groups in total. The number of rotatable bonds is 2. The number of halogens is 3. The molecule has 116 valence electrons. The number of hydrogen-bond donors (Lipinski definition) is 1. The second kappa shape index (κ2) is 5.99. The summed E-state index contributed by atoms with van der Waals surface area (Å²) in [6.07, 6.45) is 2.08. The van der Waals surface area contributed by atoms with Gasteiger partial charge in [-0.1, -0.05) is 59.1 Å². The SMILES string of the molecule is Clc1cc(Nc2nc3c(s2)CCc2ccccc2-3)cc(Cl)c1Cl. The quantitative estimate of drug-likeness (QED) is 0.505. The summed E-state index contributed by atoms with van der Waals surface area (Å²) < 4.78 is 0. The van der Waals surface area contributed by atoms with Gasteiger partial charge in [-0.2, -0.15) is 0 Å². The Labute approximate surface area is 153 Å². The molecule has 3 aromatic rings. The first-order valence-electron chi connectivity index (χ1n) is 7.11. The van der Waals surface area contributed by atoms with Crippen molar-refractivity contribution in [3.63, 3.8) is 0 Å². The van der Waals surface area contributed by atoms with Crippen LogP contribution in [-0.4, -0.2) is 4.98 Å². The lowest BCUT2D eigenvalue weighted by atomic mass is 9.94. The van der Waals surface area contributed by atoms with Crippen molar-refractivity contribution < 1.29 is 0 Å². The Balaban J connectivity index is 1.70. The number of aromatic nitrogens is 1. The van der Waals surface area contributed by atoms with Gasteiger partial charge in [0.25, 0.3) is 0 Å². The molecule has 2 nitrogen and oxygen atoms in total. The van der Waals surface area contributed by atoms with Crippen molar-refractivity contribution in [2.75, 3.05) is 5.32 Å². The molecule has 0 saturated carbocycles. The number of fused-ring (bicyclic) bond motifs is 3. The van der Waals surface area contributed by atoms with Crippen LogP contribution in [0.2, 0.25) is 15.1 Å². The van der Waals surface area contributed by atoms with E-state index in [9.17, 15) is 0 Å². The first-order valence-corrected chi connectivity index (χ1v) is 9.06. The summed E-state index contributed by atoms with van der Waals surface area (Å²) in [6, 6.07) is 11.9. The van der Waals surface area contributed by atoms with Crippen molar-refractivity contribution in [1.82, 2.24) is 4.98 Å². The Morgan fingerprint density at radius 3 is 2.52 bits per heavy atom. The van der Waals surface area contributed by atoms with Gasteiger partial charge in [-0.15, -0.1) is 11.3 Å². The molecule has 0 fully saturated rings. The zero-order valence-corrected chi connectivity index (χ0v) is 15.0. The van der Waals surface area contributed by atoms with Gasteiger partial charge in [0, 0.05) is 16.1 Å². The van der Waals surface area contributed by atoms with Crippen LogP contribution in [-0.2, 0) is 12.8 Å². The molecule has 0 saturated heterocycles. The highest BCUT2D eigenvalue weighted by Crippen LogP contribution is 2.40. The number of aryl methyl sites for hydroxylation is 2. The van der Waals surface area contributed by atoms with E-state index in [0.717, 1.165) is 29.4 Å². The second-order valence-corrected chi connectivity index (χ2v) is 7.60. The molecule has 0 aliphatic heterocycles. The molecule has 1 heterocycles. The molecular weight excluding hydrogens is 371 g/mol. The first kappa shape index (κ1) is 15.3. The van der Waals surface area contributed by atoms with Gasteiger partial charge in [0.05, 0.1) is 20.8 Å². The van der Waals surface area contributed by atoms with Crippen LogP contribution in [0.4, 0.5) is 10.8 Å². The number of benzene rings is 2. The highest BCUT2D eigenvalue weighted by Gasteiger charge is 2.20. The molecule has 0 amide bonds. The summed E-state index contributed by atoms with van der Waals surface area (Å²) in [5, 5.41) is 5.33. The average Bonchev–Trinajstić information content (AvgIpc) is 2.95. The molecule has 0 bridgehead atoms. The maximum Gasteiger partial charge on any atom is 0.187 e. The van der Waals surface area contributed by atoms with Crippen molar-refractivity contribution in [2.45, 2.75) is 12.8 Å². The highest BCUT2D eigenvalue weighted by molar-refractivity contribution is 7.16. The highest BCUT2D eigenvalue weighted by atomic mass is 35.5. The predicted octanol–water partition coefficient (Wildman–Crippen LogP) is 6.61. The molecule has 23 heavy (non-hydrogen) atoms. The van der Waals surface area contributed by atoms with Crippen LogP contribution in [0, 0.1) is 0 Å². The normalized spacial score (nSPS) is 12.7. The molecule has 1 aromatic heterocycles. The van der Waals surface area contributed by atoms with E-state index < -0.39 is 0 Å². The van der Waals surface area contributed by atoms with Crippen LogP contribution in [0.3, 0.4) is 0 Å². The van der Waals surface area contributed by atoms with Gasteiger partial charge in [-0.25, -0.2) is 4.98 Å². The minimum Gasteiger partial charge on any atom is -0.331 e. The zero-order valence-electron chi connectivity index (χ0n) is 11.9. The van der Waals surface area contributed by atoms with Gasteiger partial charge in [-0.3, -0.25) is 0 Å². The Bertz CT molecular complexity index is 882. The van der Waals surface area contributed by atoms with Crippen LogP contribution in [0.15, 0.2) is 36.4 Å². The Kier molecular flexibility index (Phi) is 3.98. The molecule has 0 radical (unpaired) electrons. The van der Waals surface area contributed by atoms with E-state index in [1.54, 1.807) is 23.5 Å². The molecule has 4 rings (SSSR count). The fraction of sp³-hybridized carbons (Fsp3) is 0.118. The number of nitrogens with one attached hydrogen (secondary N) is 1. The van der Waals surface area contributed by atoms with Crippen molar-refractivity contribution in [3.05, 3.63) is 61.9 Å². The molecule has 1 aliphatic carbocycles. The second-order valence-electron chi connectivity index (χ2n) is 5.33. The maximum absolute atomic E-state index is 6.08. The summed E-state index contributed by atoms with van der Waals surface area (Å²) >= 11 is 19.8. The Morgan fingerprint density at radius 1 is 1.00 bits per heavy atom. The van der Waals surface area contributed by atoms with Gasteiger partial charge in [0.15, 0.2) is 5.13 Å². The van der Waals surface area contributed by atoms with Crippen LogP contribution >= 0.6 is 46.1 Å². The lowest BCUT2D eigenvalue weighted by molar-refractivity contribution is 0.955. The largest absolute Gasteiger partial charge is 0.331 e. The van der Waals surface area contributed by atoms with Crippen molar-refractivity contribution in [1.29, 1.82) is 0 Å². The minimum absolute atomic E-state index is 0.367. The van der Waals surface area contributed by atoms with E-state index in [0.29, 0.717) is 15.1 Å². The number of thiazole rings is 1. The molecular formula is C17H11Cl3N2S. The summed E-state index contributed by atoms with van der Waals surface area (Å²) in [7, 11) is 0. The first-order chi connectivity index (χ1) is 11.1. The van der Waals surface area contributed by atoms with Crippen LogP contribution in [0.1, 0.15) is 10.4 Å². The Hall–Kier alpha value is -1.26. The van der Waals surface area contributed by atoms with E-state index in [-0.39, 0.29) is 0 Å². The topological polar surface area (TPSA) is 24.9 Å². The lowest BCUT2D eigenvalue weighted by Crippen LogP contribution is -2.01. The molecule has 1 aliphatic rings. The molecule has 2 aromatic carbocycles. The molecule has 0 spiro atoms. The zero-order chi connectivity index (χ0) is 16.0. The van der Waals surface area contributed by atoms with Crippen molar-refractivity contribution >= 4 is 57.0 Å². The van der Waals surface area contributed by atoms with Crippen molar-refractivity contribution in [3.8, 4) is 11.3 Å². The lowest BCUT2D eigenvalue weighted by Gasteiger charge is -2.13. The van der Waals surface area contributed by atoms with Crippen LogP contribution < -0.4 is 5.32 Å². The summed E-state index contributed by atoms with van der Waals surface area (Å²) in [6.45, 7) is 0. The third-order valence-electron chi connectivity index (χ3n) is 3.83. The smallest absolute Gasteiger partial charge is 0.187 e. The third kappa shape index (κ3) is 2.83. The summed E-state index contributed by atoms with van der Waals surface area (Å²) in [5.41, 5.74) is 4.44. The van der Waals surface area contributed by atoms with Crippen LogP contribution in [0.25, 0.3) is 11.3 Å². The van der Waals surface area contributed by atoms with Crippen molar-refractivity contribution in [2.24, 2.45) is 0 Å². The molecule has 0 atom stereocenters. The molecule has 0 unspecified atom stereocenters. The van der Waals surface area contributed by atoms with E-state index in [4.69, 9.17) is 39.8 Å². The fourth-order valence-electron chi connectivity index (χ4n) is 2.75. The number of anilines is 2. The van der Waals surface area contributed by atoms with E-state index >= 15 is 0 Å². The summed E-state index contributed by atoms with van der Waals surface area (Å²) in [4.78, 5) is 6.06. The predicted molar refractivity (Wildman–Crippen MR) is 99.7 cm³/mol. The minimum atomic E-state index is 0.367. The van der Waals surface area contributed by atoms with Gasteiger partial charge in [0.2, 0.25) is 0 Å².